The van der Waals surface area contributed by atoms with Crippen LogP contribution in [0.2, 0.25) is 0 Å². The Labute approximate surface area is 114 Å². The average Bonchev–Trinajstić information content (AvgIpc) is 2.93. The molecule has 0 bridgehead atoms. The van der Waals surface area contributed by atoms with Crippen LogP contribution in [0.5, 0.6) is 0 Å². The number of aryl methyl sites for hydroxylation is 1. The molecular formula is C14H24N4O. The Hall–Kier alpha value is -1.52. The molecule has 0 aliphatic carbocycles. The smallest absolute Gasteiger partial charge is 0.274 e. The highest BCUT2D eigenvalue weighted by atomic mass is 16.2. The summed E-state index contributed by atoms with van der Waals surface area (Å²) in [5.41, 5.74) is 7.13. The van der Waals surface area contributed by atoms with Crippen molar-refractivity contribution in [1.29, 1.82) is 0 Å². The Bertz CT molecular complexity index is 472. The lowest BCUT2D eigenvalue weighted by Gasteiger charge is -2.27. The SMILES string of the molecule is CCn1ncc(N)c1C(=O)N1CCC(C(C)(C)C)C1. The third kappa shape index (κ3) is 2.60. The summed E-state index contributed by atoms with van der Waals surface area (Å²) >= 11 is 0. The summed E-state index contributed by atoms with van der Waals surface area (Å²) in [4.78, 5) is 14.5. The van der Waals surface area contributed by atoms with Crippen LogP contribution < -0.4 is 5.73 Å². The van der Waals surface area contributed by atoms with Crippen molar-refractivity contribution in [2.75, 3.05) is 18.8 Å². The molecule has 5 heteroatoms. The van der Waals surface area contributed by atoms with Crippen molar-refractivity contribution < 1.29 is 4.79 Å². The molecule has 1 saturated heterocycles. The van der Waals surface area contributed by atoms with Gasteiger partial charge in [0.25, 0.3) is 5.91 Å². The van der Waals surface area contributed by atoms with E-state index in [0.29, 0.717) is 23.8 Å². The topological polar surface area (TPSA) is 64.2 Å². The lowest BCUT2D eigenvalue weighted by molar-refractivity contribution is 0.0765. The highest BCUT2D eigenvalue weighted by Gasteiger charge is 2.35. The minimum atomic E-state index is 0.0172. The molecular weight excluding hydrogens is 240 g/mol. The molecule has 106 valence electrons. The number of anilines is 1. The van der Waals surface area contributed by atoms with Crippen LogP contribution in [0.25, 0.3) is 0 Å². The molecule has 1 amide bonds. The Morgan fingerprint density at radius 1 is 1.53 bits per heavy atom. The van der Waals surface area contributed by atoms with Gasteiger partial charge in [-0.15, -0.1) is 0 Å². The molecule has 19 heavy (non-hydrogen) atoms. The van der Waals surface area contributed by atoms with Crippen LogP contribution in [0.3, 0.4) is 0 Å². The Morgan fingerprint density at radius 2 is 2.21 bits per heavy atom. The van der Waals surface area contributed by atoms with Crippen molar-refractivity contribution in [2.24, 2.45) is 11.3 Å². The van der Waals surface area contributed by atoms with Crippen LogP contribution in [0.1, 0.15) is 44.6 Å². The Morgan fingerprint density at radius 3 is 2.74 bits per heavy atom. The molecule has 1 aliphatic heterocycles. The minimum Gasteiger partial charge on any atom is -0.396 e. The molecule has 1 fully saturated rings. The summed E-state index contributed by atoms with van der Waals surface area (Å²) in [5, 5.41) is 4.14. The van der Waals surface area contributed by atoms with Gasteiger partial charge in [0, 0.05) is 19.6 Å². The first-order valence-corrected chi connectivity index (χ1v) is 6.95. The van der Waals surface area contributed by atoms with Crippen LogP contribution in [-0.2, 0) is 6.54 Å². The second-order valence-corrected chi connectivity index (χ2v) is 6.37. The van der Waals surface area contributed by atoms with Crippen LogP contribution in [0.4, 0.5) is 5.69 Å². The maximum atomic E-state index is 12.6. The number of nitrogens with zero attached hydrogens (tertiary/aromatic N) is 3. The van der Waals surface area contributed by atoms with Crippen LogP contribution in [0, 0.1) is 11.3 Å². The number of hydrogen-bond acceptors (Lipinski definition) is 3. The molecule has 2 rings (SSSR count). The summed E-state index contributed by atoms with van der Waals surface area (Å²) in [6.07, 6.45) is 2.63. The van der Waals surface area contributed by atoms with E-state index in [0.717, 1.165) is 19.5 Å². The number of carbonyl (C=O) groups is 1. The second-order valence-electron chi connectivity index (χ2n) is 6.37. The van der Waals surface area contributed by atoms with Gasteiger partial charge in [-0.3, -0.25) is 9.48 Å². The van der Waals surface area contributed by atoms with Gasteiger partial charge in [-0.2, -0.15) is 5.10 Å². The van der Waals surface area contributed by atoms with Crippen LogP contribution >= 0.6 is 0 Å². The monoisotopic (exact) mass is 264 g/mol. The van der Waals surface area contributed by atoms with Crippen LogP contribution in [0.15, 0.2) is 6.20 Å². The highest BCUT2D eigenvalue weighted by molar-refractivity contribution is 5.97. The van der Waals surface area contributed by atoms with Crippen molar-refractivity contribution in [3.8, 4) is 0 Å². The van der Waals surface area contributed by atoms with Gasteiger partial charge >= 0.3 is 0 Å². The van der Waals surface area contributed by atoms with Gasteiger partial charge in [0.2, 0.25) is 0 Å². The van der Waals surface area contributed by atoms with E-state index in [-0.39, 0.29) is 11.3 Å². The number of amides is 1. The van der Waals surface area contributed by atoms with Gasteiger partial charge in [-0.1, -0.05) is 20.8 Å². The van der Waals surface area contributed by atoms with Crippen molar-refractivity contribution in [2.45, 2.75) is 40.7 Å². The van der Waals surface area contributed by atoms with Crippen molar-refractivity contribution in [1.82, 2.24) is 14.7 Å². The van der Waals surface area contributed by atoms with Gasteiger partial charge in [0.15, 0.2) is 0 Å². The van der Waals surface area contributed by atoms with Gasteiger partial charge in [-0.25, -0.2) is 0 Å². The fourth-order valence-corrected chi connectivity index (χ4v) is 2.67. The van der Waals surface area contributed by atoms with Gasteiger partial charge in [0.05, 0.1) is 11.9 Å². The maximum Gasteiger partial charge on any atom is 0.274 e. The molecule has 1 atom stereocenters. The standard InChI is InChI=1S/C14H24N4O/c1-5-18-12(11(15)8-16-18)13(19)17-7-6-10(9-17)14(2,3)4/h8,10H,5-7,9,15H2,1-4H3. The number of nitrogens with two attached hydrogens (primary N) is 1. The van der Waals surface area contributed by atoms with Crippen molar-refractivity contribution >= 4 is 11.6 Å². The number of hydrogen-bond donors (Lipinski definition) is 1. The molecule has 5 nitrogen and oxygen atoms in total. The zero-order valence-electron chi connectivity index (χ0n) is 12.3. The summed E-state index contributed by atoms with van der Waals surface area (Å²) in [5.74, 6) is 0.569. The fraction of sp³-hybridized carbons (Fsp3) is 0.714. The Kier molecular flexibility index (Phi) is 3.56. The first kappa shape index (κ1) is 13.9. The molecule has 1 aliphatic rings. The van der Waals surface area contributed by atoms with Gasteiger partial charge < -0.3 is 10.6 Å². The first-order valence-electron chi connectivity index (χ1n) is 6.95. The second kappa shape index (κ2) is 4.87. The number of aromatic nitrogens is 2. The molecule has 1 aromatic heterocycles. The van der Waals surface area contributed by atoms with Gasteiger partial charge in [-0.05, 0) is 24.7 Å². The van der Waals surface area contributed by atoms with Crippen molar-refractivity contribution in [3.05, 3.63) is 11.9 Å². The summed E-state index contributed by atoms with van der Waals surface area (Å²) < 4.78 is 1.68. The van der Waals surface area contributed by atoms with E-state index in [2.05, 4.69) is 25.9 Å². The van der Waals surface area contributed by atoms with Crippen molar-refractivity contribution in [3.63, 3.8) is 0 Å². The number of nitrogen functional groups attached to an aromatic ring is 1. The van der Waals surface area contributed by atoms with E-state index >= 15 is 0 Å². The van der Waals surface area contributed by atoms with Gasteiger partial charge in [0.1, 0.15) is 5.69 Å². The number of likely N-dealkylation sites (tertiary alicyclic amines) is 1. The van der Waals surface area contributed by atoms with Crippen LogP contribution in [-0.4, -0.2) is 33.7 Å². The zero-order chi connectivity index (χ0) is 14.2. The summed E-state index contributed by atoms with van der Waals surface area (Å²) in [6, 6.07) is 0. The van der Waals surface area contributed by atoms with E-state index < -0.39 is 0 Å². The number of carbonyl (C=O) groups excluding carboxylic acids is 1. The first-order chi connectivity index (χ1) is 8.84. The summed E-state index contributed by atoms with van der Waals surface area (Å²) in [7, 11) is 0. The highest BCUT2D eigenvalue weighted by Crippen LogP contribution is 2.34. The molecule has 2 N–H and O–H groups in total. The molecule has 0 saturated carbocycles. The lowest BCUT2D eigenvalue weighted by Crippen LogP contribution is -2.33. The number of rotatable bonds is 2. The predicted octanol–water partition coefficient (Wildman–Crippen LogP) is 1.99. The minimum absolute atomic E-state index is 0.0172. The molecule has 0 radical (unpaired) electrons. The third-order valence-electron chi connectivity index (χ3n) is 4.07. The van der Waals surface area contributed by atoms with E-state index in [9.17, 15) is 4.79 Å². The molecule has 0 spiro atoms. The molecule has 2 heterocycles. The lowest BCUT2D eigenvalue weighted by atomic mass is 9.80. The van der Waals surface area contributed by atoms with E-state index in [1.165, 1.54) is 0 Å². The van der Waals surface area contributed by atoms with E-state index in [4.69, 9.17) is 5.73 Å². The quantitative estimate of drug-likeness (QED) is 0.888. The molecule has 1 unspecified atom stereocenters. The molecule has 1 aromatic rings. The maximum absolute atomic E-state index is 12.6. The van der Waals surface area contributed by atoms with E-state index in [1.54, 1.807) is 10.9 Å². The molecule has 0 aromatic carbocycles. The average molecular weight is 264 g/mol. The zero-order valence-corrected chi connectivity index (χ0v) is 12.3. The normalized spacial score (nSPS) is 20.0. The Balaban J connectivity index is 2.16. The fourth-order valence-electron chi connectivity index (χ4n) is 2.67. The summed E-state index contributed by atoms with van der Waals surface area (Å²) in [6.45, 7) is 11.0. The van der Waals surface area contributed by atoms with E-state index in [1.807, 2.05) is 11.8 Å². The third-order valence-corrected chi connectivity index (χ3v) is 4.07. The predicted molar refractivity (Wildman–Crippen MR) is 75.8 cm³/mol. The largest absolute Gasteiger partial charge is 0.396 e.